The molecule has 0 radical (unpaired) electrons. The van der Waals surface area contributed by atoms with Crippen LogP contribution in [0.3, 0.4) is 0 Å². The predicted molar refractivity (Wildman–Crippen MR) is 43.9 cm³/mol. The van der Waals surface area contributed by atoms with Crippen LogP contribution in [0.1, 0.15) is 25.7 Å². The van der Waals surface area contributed by atoms with E-state index in [9.17, 15) is 4.79 Å². The molecule has 0 aromatic heterocycles. The molecular weight excluding hydrogens is 158 g/mol. The van der Waals surface area contributed by atoms with Crippen molar-refractivity contribution in [3.8, 4) is 0 Å². The van der Waals surface area contributed by atoms with Gasteiger partial charge >= 0.3 is 5.97 Å². The van der Waals surface area contributed by atoms with Gasteiger partial charge < -0.3 is 15.5 Å². The van der Waals surface area contributed by atoms with Gasteiger partial charge in [0.1, 0.15) is 0 Å². The van der Waals surface area contributed by atoms with Gasteiger partial charge in [0.05, 0.1) is 6.10 Å². The maximum atomic E-state index is 10.1. The van der Waals surface area contributed by atoms with Crippen molar-refractivity contribution < 1.29 is 15.0 Å². The molecule has 0 atom stereocenters. The van der Waals surface area contributed by atoms with Gasteiger partial charge in [0.2, 0.25) is 0 Å². The average molecular weight is 173 g/mol. The molecule has 0 aromatic carbocycles. The van der Waals surface area contributed by atoms with Crippen LogP contribution in [0.25, 0.3) is 0 Å². The molecule has 0 heterocycles. The van der Waals surface area contributed by atoms with E-state index in [1.165, 1.54) is 0 Å². The summed E-state index contributed by atoms with van der Waals surface area (Å²) in [4.78, 5) is 10.1. The van der Waals surface area contributed by atoms with Gasteiger partial charge in [0.25, 0.3) is 0 Å². The highest BCUT2D eigenvalue weighted by molar-refractivity contribution is 5.66. The Morgan fingerprint density at radius 1 is 1.50 bits per heavy atom. The van der Waals surface area contributed by atoms with Crippen LogP contribution >= 0.6 is 0 Å². The zero-order valence-corrected chi connectivity index (χ0v) is 6.99. The number of hydrogen-bond acceptors (Lipinski definition) is 3. The molecule has 1 fully saturated rings. The van der Waals surface area contributed by atoms with E-state index in [1.54, 1.807) is 0 Å². The van der Waals surface area contributed by atoms with Gasteiger partial charge in [0, 0.05) is 12.5 Å². The molecular formula is C8H15NO3. The van der Waals surface area contributed by atoms with Gasteiger partial charge in [0.15, 0.2) is 0 Å². The molecule has 0 amide bonds. The SMILES string of the molecule is O=C(O)CCCNC1CC(O)C1. The first kappa shape index (κ1) is 9.48. The Morgan fingerprint density at radius 3 is 2.67 bits per heavy atom. The van der Waals surface area contributed by atoms with Crippen LogP contribution in [0.15, 0.2) is 0 Å². The fourth-order valence-electron chi connectivity index (χ4n) is 1.30. The van der Waals surface area contributed by atoms with Crippen LogP contribution in [0.4, 0.5) is 0 Å². The van der Waals surface area contributed by atoms with Crippen LogP contribution in [0.5, 0.6) is 0 Å². The molecule has 0 bridgehead atoms. The summed E-state index contributed by atoms with van der Waals surface area (Å²) in [6, 6.07) is 0.411. The molecule has 0 aliphatic heterocycles. The van der Waals surface area contributed by atoms with E-state index in [2.05, 4.69) is 5.32 Å². The van der Waals surface area contributed by atoms with E-state index >= 15 is 0 Å². The number of nitrogens with one attached hydrogen (secondary N) is 1. The second-order valence-corrected chi connectivity index (χ2v) is 3.27. The summed E-state index contributed by atoms with van der Waals surface area (Å²) in [6.07, 6.45) is 2.38. The summed E-state index contributed by atoms with van der Waals surface area (Å²) >= 11 is 0. The molecule has 1 saturated carbocycles. The normalized spacial score (nSPS) is 28.1. The third-order valence-corrected chi connectivity index (χ3v) is 2.11. The maximum Gasteiger partial charge on any atom is 0.303 e. The number of carboxylic acid groups (broad SMARTS) is 1. The molecule has 1 rings (SSSR count). The number of aliphatic hydroxyl groups is 1. The third-order valence-electron chi connectivity index (χ3n) is 2.11. The minimum atomic E-state index is -0.745. The lowest BCUT2D eigenvalue weighted by Crippen LogP contribution is -2.44. The summed E-state index contributed by atoms with van der Waals surface area (Å²) in [5.74, 6) is -0.745. The third kappa shape index (κ3) is 3.19. The van der Waals surface area contributed by atoms with Crippen molar-refractivity contribution in [3.05, 3.63) is 0 Å². The van der Waals surface area contributed by atoms with Gasteiger partial charge in [-0.1, -0.05) is 0 Å². The standard InChI is InChI=1S/C8H15NO3/c10-7-4-6(5-7)9-3-1-2-8(11)12/h6-7,9-10H,1-5H2,(H,11,12). The van der Waals surface area contributed by atoms with Gasteiger partial charge in [-0.15, -0.1) is 0 Å². The van der Waals surface area contributed by atoms with Crippen LogP contribution < -0.4 is 5.32 Å². The summed E-state index contributed by atoms with van der Waals surface area (Å²) in [5.41, 5.74) is 0. The Bertz CT molecular complexity index is 154. The predicted octanol–water partition coefficient (Wildman–Crippen LogP) is -0.0359. The Morgan fingerprint density at radius 2 is 2.17 bits per heavy atom. The van der Waals surface area contributed by atoms with Crippen molar-refractivity contribution in [2.24, 2.45) is 0 Å². The summed E-state index contributed by atoms with van der Waals surface area (Å²) in [6.45, 7) is 0.740. The number of carbonyl (C=O) groups is 1. The molecule has 0 spiro atoms. The lowest BCUT2D eigenvalue weighted by atomic mass is 9.89. The highest BCUT2D eigenvalue weighted by atomic mass is 16.4. The fourth-order valence-corrected chi connectivity index (χ4v) is 1.30. The molecule has 0 unspecified atom stereocenters. The van der Waals surface area contributed by atoms with E-state index in [0.717, 1.165) is 19.4 Å². The first-order valence-corrected chi connectivity index (χ1v) is 4.31. The number of hydrogen-bond donors (Lipinski definition) is 3. The molecule has 3 N–H and O–H groups in total. The molecule has 1 aliphatic rings. The second-order valence-electron chi connectivity index (χ2n) is 3.27. The van der Waals surface area contributed by atoms with E-state index in [-0.39, 0.29) is 12.5 Å². The molecule has 4 nitrogen and oxygen atoms in total. The summed E-state index contributed by atoms with van der Waals surface area (Å²) in [7, 11) is 0. The highest BCUT2D eigenvalue weighted by Crippen LogP contribution is 2.18. The molecule has 0 aromatic rings. The zero-order valence-electron chi connectivity index (χ0n) is 6.99. The smallest absolute Gasteiger partial charge is 0.303 e. The minimum absolute atomic E-state index is 0.137. The van der Waals surface area contributed by atoms with Gasteiger partial charge in [-0.3, -0.25) is 4.79 Å². The molecule has 0 saturated heterocycles. The van der Waals surface area contributed by atoms with Crippen molar-refractivity contribution in [3.63, 3.8) is 0 Å². The molecule has 70 valence electrons. The largest absolute Gasteiger partial charge is 0.481 e. The van der Waals surface area contributed by atoms with Crippen molar-refractivity contribution in [1.29, 1.82) is 0 Å². The van der Waals surface area contributed by atoms with Crippen LogP contribution in [0, 0.1) is 0 Å². The number of aliphatic carboxylic acids is 1. The molecule has 4 heteroatoms. The van der Waals surface area contributed by atoms with Crippen molar-refractivity contribution in [2.75, 3.05) is 6.54 Å². The monoisotopic (exact) mass is 173 g/mol. The van der Waals surface area contributed by atoms with Crippen LogP contribution in [-0.2, 0) is 4.79 Å². The number of carboxylic acids is 1. The van der Waals surface area contributed by atoms with Gasteiger partial charge in [-0.25, -0.2) is 0 Å². The lowest BCUT2D eigenvalue weighted by molar-refractivity contribution is -0.137. The van der Waals surface area contributed by atoms with Gasteiger partial charge in [-0.05, 0) is 25.8 Å². The van der Waals surface area contributed by atoms with Crippen LogP contribution in [-0.4, -0.2) is 34.9 Å². The maximum absolute atomic E-state index is 10.1. The Kier molecular flexibility index (Phi) is 3.49. The van der Waals surface area contributed by atoms with Crippen molar-refractivity contribution in [1.82, 2.24) is 5.32 Å². The number of aliphatic hydroxyl groups excluding tert-OH is 1. The second kappa shape index (κ2) is 4.42. The topological polar surface area (TPSA) is 69.6 Å². The van der Waals surface area contributed by atoms with Gasteiger partial charge in [-0.2, -0.15) is 0 Å². The summed E-state index contributed by atoms with van der Waals surface area (Å²) < 4.78 is 0. The quantitative estimate of drug-likeness (QED) is 0.510. The van der Waals surface area contributed by atoms with Crippen molar-refractivity contribution >= 4 is 5.97 Å². The van der Waals surface area contributed by atoms with Crippen LogP contribution in [0.2, 0.25) is 0 Å². The molecule has 12 heavy (non-hydrogen) atoms. The minimum Gasteiger partial charge on any atom is -0.481 e. The highest BCUT2D eigenvalue weighted by Gasteiger charge is 2.25. The Labute approximate surface area is 71.6 Å². The average Bonchev–Trinajstić information content (AvgIpc) is 1.93. The Balaban J connectivity index is 1.87. The number of rotatable bonds is 5. The lowest BCUT2D eigenvalue weighted by Gasteiger charge is -2.32. The van der Waals surface area contributed by atoms with E-state index in [0.29, 0.717) is 12.5 Å². The fraction of sp³-hybridized carbons (Fsp3) is 0.875. The Hall–Kier alpha value is -0.610. The first-order valence-electron chi connectivity index (χ1n) is 4.31. The van der Waals surface area contributed by atoms with E-state index in [4.69, 9.17) is 10.2 Å². The first-order chi connectivity index (χ1) is 5.68. The van der Waals surface area contributed by atoms with E-state index in [1.807, 2.05) is 0 Å². The van der Waals surface area contributed by atoms with Crippen molar-refractivity contribution in [2.45, 2.75) is 37.8 Å². The molecule has 1 aliphatic carbocycles. The summed E-state index contributed by atoms with van der Waals surface area (Å²) in [5, 5.41) is 20.4. The zero-order chi connectivity index (χ0) is 8.97. The van der Waals surface area contributed by atoms with E-state index < -0.39 is 5.97 Å².